The van der Waals surface area contributed by atoms with Gasteiger partial charge in [-0.15, -0.1) is 0 Å². The van der Waals surface area contributed by atoms with Crippen LogP contribution in [0.15, 0.2) is 34.9 Å². The van der Waals surface area contributed by atoms with Gasteiger partial charge in [0, 0.05) is 47.4 Å². The molecule has 2 N–H and O–H groups in total. The lowest BCUT2D eigenvalue weighted by Gasteiger charge is -2.43. The summed E-state index contributed by atoms with van der Waals surface area (Å²) in [5, 5.41) is 18.8. The van der Waals surface area contributed by atoms with Crippen LogP contribution in [0.5, 0.6) is 0 Å². The number of hydrogen-bond donors (Lipinski definition) is 2. The number of carbonyl (C=O) groups excluding carboxylic acids is 2. The Balaban J connectivity index is 0.000000202. The molecule has 0 bridgehead atoms. The first-order valence-electron chi connectivity index (χ1n) is 34.6. The molecule has 6 saturated heterocycles. The predicted octanol–water partition coefficient (Wildman–Crippen LogP) is 11.7. The van der Waals surface area contributed by atoms with Crippen LogP contribution in [-0.4, -0.2) is 194 Å². The molecule has 6 heterocycles. The maximum absolute atomic E-state index is 11.6. The van der Waals surface area contributed by atoms with Crippen LogP contribution >= 0.6 is 0 Å². The molecule has 18 atom stereocenters. The van der Waals surface area contributed by atoms with Crippen molar-refractivity contribution in [3.8, 4) is 0 Å². The molecule has 0 aromatic heterocycles. The zero-order valence-electron chi connectivity index (χ0n) is 58.6. The van der Waals surface area contributed by atoms with Crippen LogP contribution in [0.4, 0.5) is 0 Å². The molecule has 3 spiro atoms. The Morgan fingerprint density at radius 1 is 0.495 bits per heavy atom. The summed E-state index contributed by atoms with van der Waals surface area (Å²) in [6, 6.07) is 0. The number of epoxide rings is 6. The summed E-state index contributed by atoms with van der Waals surface area (Å²) >= 11 is 0. The molecule has 9 fully saturated rings. The highest BCUT2D eigenvalue weighted by Gasteiger charge is 2.74. The summed E-state index contributed by atoms with van der Waals surface area (Å²) in [6.07, 6.45) is 31.4. The smallest absolute Gasteiger partial charge is 0.305 e. The number of esters is 2. The molecule has 3 saturated carbocycles. The van der Waals surface area contributed by atoms with Crippen molar-refractivity contribution in [3.63, 3.8) is 0 Å². The summed E-state index contributed by atoms with van der Waals surface area (Å²) < 4.78 is 97.5. The van der Waals surface area contributed by atoms with Gasteiger partial charge in [0.05, 0.1) is 124 Å². The van der Waals surface area contributed by atoms with Crippen LogP contribution in [0, 0.1) is 17.8 Å². The third-order valence-electron chi connectivity index (χ3n) is 20.9. The molecule has 9 aliphatic rings. The number of ether oxygens (including phenoxy) is 12. The molecule has 3 aliphatic carbocycles. The molecule has 0 radical (unpaired) electrons. The summed E-state index contributed by atoms with van der Waals surface area (Å²) in [7, 11) is 4.44. The number of allylic oxidation sites excluding steroid dienone is 3. The maximum atomic E-state index is 11.6. The normalized spacial score (nSPS) is 36.9. The van der Waals surface area contributed by atoms with E-state index in [-0.39, 0.29) is 106 Å². The van der Waals surface area contributed by atoms with Gasteiger partial charge >= 0.3 is 11.9 Å². The van der Waals surface area contributed by atoms with Crippen molar-refractivity contribution in [1.82, 2.24) is 0 Å². The second-order valence-corrected chi connectivity index (χ2v) is 30.4. The highest BCUT2D eigenvalue weighted by atomic mass is 32.2. The second-order valence-electron chi connectivity index (χ2n) is 28.8. The van der Waals surface area contributed by atoms with E-state index in [0.717, 1.165) is 122 Å². The molecular weight excluding hydrogens is 1190 g/mol. The first-order valence-corrected chi connectivity index (χ1v) is 36.4. The van der Waals surface area contributed by atoms with Crippen molar-refractivity contribution in [2.24, 2.45) is 17.8 Å². The number of methoxy groups -OCH3 is 5. The summed E-state index contributed by atoms with van der Waals surface area (Å²) in [5.41, 5.74) is 2.65. The summed E-state index contributed by atoms with van der Waals surface area (Å²) in [5.74, 6) is 0.0984. The zero-order chi connectivity index (χ0) is 66.8. The quantitative estimate of drug-likeness (QED) is 0.0200. The maximum Gasteiger partial charge on any atom is 0.305 e. The molecule has 19 nitrogen and oxygen atoms in total. The molecule has 0 aromatic carbocycles. The molecule has 6 aliphatic heterocycles. The van der Waals surface area contributed by atoms with Gasteiger partial charge in [0.25, 0.3) is 10.1 Å². The van der Waals surface area contributed by atoms with Crippen LogP contribution in [0.2, 0.25) is 0 Å². The van der Waals surface area contributed by atoms with Gasteiger partial charge in [-0.1, -0.05) is 99.2 Å². The lowest BCUT2D eigenvalue weighted by molar-refractivity contribution is -0.141. The fraction of sp³-hybridized carbons (Fsp3) is 0.887. The van der Waals surface area contributed by atoms with Crippen LogP contribution in [0.3, 0.4) is 0 Å². The van der Waals surface area contributed by atoms with E-state index in [1.54, 1.807) is 14.2 Å². The topological polar surface area (TPSA) is 249 Å². The molecule has 0 unspecified atom stereocenters. The predicted molar refractivity (Wildman–Crippen MR) is 349 cm³/mol. The van der Waals surface area contributed by atoms with E-state index in [1.807, 2.05) is 7.11 Å². The average molecular weight is 1310 g/mol. The highest BCUT2D eigenvalue weighted by Crippen LogP contribution is 2.62. The molecule has 9 rings (SSSR count). The fourth-order valence-electron chi connectivity index (χ4n) is 15.3. The SMILES string of the molecule is COC(=O)CCCCCCCCCO.COC(=O)CCCCCCCCCO[C@@H]1CC[C@]2(CO2)[C@@H]([C@@]2(C)O[C@@H]2CC=C(C)C)[C@@H]1OC.CO[C@@H]1[C@H](O)CC[C@]2(CO2)[C@H]1[C@@]1(C)O[C@@H]1CC=C(C)C.CO[C@@H]1[C@H](OS(C)(=O)=O)CC[C@]2(CO2)[C@H]1[C@@]1(C)O[C@@H]1CC=C(C)C. The van der Waals surface area contributed by atoms with E-state index in [2.05, 4.69) is 90.0 Å². The first-order chi connectivity index (χ1) is 43.2. The summed E-state index contributed by atoms with van der Waals surface area (Å²) in [4.78, 5) is 21.9. The van der Waals surface area contributed by atoms with Crippen LogP contribution in [0.1, 0.15) is 223 Å². The van der Waals surface area contributed by atoms with Gasteiger partial charge in [-0.25, -0.2) is 0 Å². The van der Waals surface area contributed by atoms with Crippen molar-refractivity contribution in [2.75, 3.05) is 74.8 Å². The molecule has 0 amide bonds. The highest BCUT2D eigenvalue weighted by molar-refractivity contribution is 7.86. The van der Waals surface area contributed by atoms with E-state index >= 15 is 0 Å². The number of rotatable bonds is 34. The lowest BCUT2D eigenvalue weighted by atomic mass is 9.68. The number of hydrogen-bond acceptors (Lipinski definition) is 19. The van der Waals surface area contributed by atoms with E-state index in [1.165, 1.54) is 75.9 Å². The first kappa shape index (κ1) is 77.6. The van der Waals surface area contributed by atoms with Gasteiger partial charge in [0.15, 0.2) is 0 Å². The molecule has 20 heteroatoms. The van der Waals surface area contributed by atoms with Gasteiger partial charge < -0.3 is 67.1 Å². The van der Waals surface area contributed by atoms with Crippen molar-refractivity contribution >= 4 is 22.1 Å². The number of aliphatic hydroxyl groups excluding tert-OH is 2. The van der Waals surface area contributed by atoms with Crippen LogP contribution < -0.4 is 0 Å². The van der Waals surface area contributed by atoms with Crippen molar-refractivity contribution in [1.29, 1.82) is 0 Å². The Morgan fingerprint density at radius 2 is 0.824 bits per heavy atom. The standard InChI is InChI=1S/C27H46O6.C17H28O6S.C16H26O4.C11H22O3/c1-20(2)14-15-22-26(3,33-22)25-24(30-5)21(16-17-27(25)19-32-27)31-18-12-10-8-6-7-9-11-13-23(28)29-4;1-11(2)6-7-13-16(3,22-13)15-14(20-4)12(23-24(5,18)19)8-9-17(15)10-21-17;1-10(2)5-6-12-15(3,20-12)14-13(18-4)11(17)7-8-16(14)9-19-16;1-14-11(13)9-7-5-3-2-4-6-8-10-12/h14,21-22,24-25H,6-13,15-19H2,1-5H3;6,12-15H,7-10H2,1-5H3;5,11-14,17H,6-9H2,1-4H3;12H,2-10H2,1H3/t21-,22-,24-,25-,26+,27+;12-,13-,14-,15-,16+,17+;11-,12-,13-,14-,15+,16+;/m111./s1. The number of unbranched alkanes of at least 4 members (excludes halogenated alkanes) is 12. The van der Waals surface area contributed by atoms with E-state index < -0.39 is 22.3 Å². The third-order valence-corrected chi connectivity index (χ3v) is 21.5. The van der Waals surface area contributed by atoms with E-state index in [9.17, 15) is 23.1 Å². The van der Waals surface area contributed by atoms with Crippen molar-refractivity contribution < 1.29 is 89.2 Å². The largest absolute Gasteiger partial charge is 0.469 e. The van der Waals surface area contributed by atoms with E-state index in [0.29, 0.717) is 32.5 Å². The lowest BCUT2D eigenvalue weighted by Crippen LogP contribution is -2.55. The number of carbonyl (C=O) groups is 2. The minimum absolute atomic E-state index is 0.0118. The van der Waals surface area contributed by atoms with Gasteiger partial charge in [-0.2, -0.15) is 8.42 Å². The molecule has 0 aromatic rings. The Labute approximate surface area is 547 Å². The van der Waals surface area contributed by atoms with E-state index in [4.69, 9.17) is 56.7 Å². The van der Waals surface area contributed by atoms with Gasteiger partial charge in [0.1, 0.15) is 22.9 Å². The number of aliphatic hydroxyl groups is 2. The Bertz CT molecular complexity index is 2440. The zero-order valence-corrected chi connectivity index (χ0v) is 59.4. The fourth-order valence-corrected chi connectivity index (χ4v) is 16.0. The molecule has 91 heavy (non-hydrogen) atoms. The minimum atomic E-state index is -3.54. The molecular formula is C71H122O19S. The van der Waals surface area contributed by atoms with Crippen molar-refractivity contribution in [2.45, 2.75) is 311 Å². The van der Waals surface area contributed by atoms with Crippen LogP contribution in [0.25, 0.3) is 0 Å². The Morgan fingerprint density at radius 3 is 1.16 bits per heavy atom. The monoisotopic (exact) mass is 1310 g/mol. The average Bonchev–Trinajstić information content (AvgIpc) is 1.20. The van der Waals surface area contributed by atoms with Gasteiger partial charge in [-0.3, -0.25) is 13.8 Å². The van der Waals surface area contributed by atoms with Crippen molar-refractivity contribution in [3.05, 3.63) is 34.9 Å². The Kier molecular flexibility index (Phi) is 30.0. The summed E-state index contributed by atoms with van der Waals surface area (Å²) in [6.45, 7) is 22.5. The second kappa shape index (κ2) is 35.2. The third kappa shape index (κ3) is 22.0. The minimum Gasteiger partial charge on any atom is -0.469 e. The van der Waals surface area contributed by atoms with Gasteiger partial charge in [-0.05, 0) is 146 Å². The Hall–Kier alpha value is -2.41. The van der Waals surface area contributed by atoms with Gasteiger partial charge in [0.2, 0.25) is 0 Å². The molecule has 526 valence electrons. The van der Waals surface area contributed by atoms with Crippen LogP contribution in [-0.2, 0) is 80.7 Å².